The largest absolute Gasteiger partial charge is 0.465 e. The van der Waals surface area contributed by atoms with E-state index >= 15 is 0 Å². The Morgan fingerprint density at radius 2 is 2.19 bits per heavy atom. The number of aromatic nitrogens is 1. The van der Waals surface area contributed by atoms with Gasteiger partial charge in [-0.1, -0.05) is 15.9 Å². The number of benzene rings is 1. The summed E-state index contributed by atoms with van der Waals surface area (Å²) in [7, 11) is 0. The maximum absolute atomic E-state index is 12.6. The molecule has 26 heavy (non-hydrogen) atoms. The van der Waals surface area contributed by atoms with Gasteiger partial charge in [0.05, 0.1) is 17.3 Å². The molecule has 0 radical (unpaired) electrons. The van der Waals surface area contributed by atoms with E-state index < -0.39 is 0 Å². The van der Waals surface area contributed by atoms with Gasteiger partial charge in [-0.2, -0.15) is 5.10 Å². The second-order valence-electron chi connectivity index (χ2n) is 6.12. The Labute approximate surface area is 158 Å². The van der Waals surface area contributed by atoms with Gasteiger partial charge >= 0.3 is 0 Å². The number of nitrogens with zero attached hydrogens (tertiary/aromatic N) is 2. The van der Waals surface area contributed by atoms with E-state index in [9.17, 15) is 4.79 Å². The predicted octanol–water partition coefficient (Wildman–Crippen LogP) is 4.90. The van der Waals surface area contributed by atoms with E-state index in [0.717, 1.165) is 39.7 Å². The second-order valence-corrected chi connectivity index (χ2v) is 7.04. The van der Waals surface area contributed by atoms with E-state index in [1.165, 1.54) is 6.21 Å². The van der Waals surface area contributed by atoms with E-state index in [1.807, 2.05) is 36.4 Å². The first-order chi connectivity index (χ1) is 12.7. The number of furan rings is 1. The molecule has 4 rings (SSSR count). The molecule has 0 aliphatic heterocycles. The zero-order valence-corrected chi connectivity index (χ0v) is 15.4. The lowest BCUT2D eigenvalue weighted by Crippen LogP contribution is -2.18. The summed E-state index contributed by atoms with van der Waals surface area (Å²) < 4.78 is 6.09. The Hall–Kier alpha value is -2.73. The molecule has 1 saturated carbocycles. The van der Waals surface area contributed by atoms with Gasteiger partial charge in [-0.05, 0) is 61.4 Å². The van der Waals surface area contributed by atoms with Crippen molar-refractivity contribution < 1.29 is 9.21 Å². The van der Waals surface area contributed by atoms with Gasteiger partial charge in [0.25, 0.3) is 5.91 Å². The fourth-order valence-corrected chi connectivity index (χ4v) is 3.08. The minimum atomic E-state index is -0.250. The van der Waals surface area contributed by atoms with Gasteiger partial charge in [0.1, 0.15) is 5.76 Å². The second kappa shape index (κ2) is 7.25. The summed E-state index contributed by atoms with van der Waals surface area (Å²) >= 11 is 3.46. The fraction of sp³-hybridized carbons (Fsp3) is 0.150. The van der Waals surface area contributed by atoms with Crippen molar-refractivity contribution in [1.82, 2.24) is 10.4 Å². The molecular formula is C20H16BrN3O2. The molecule has 2 aromatic heterocycles. The molecule has 0 saturated heterocycles. The molecular weight excluding hydrogens is 394 g/mol. The molecule has 0 atom stereocenters. The first kappa shape index (κ1) is 16.7. The molecule has 0 unspecified atom stereocenters. The van der Waals surface area contributed by atoms with E-state index in [1.54, 1.807) is 18.4 Å². The van der Waals surface area contributed by atoms with Crippen LogP contribution >= 0.6 is 15.9 Å². The molecule has 5 nitrogen and oxygen atoms in total. The lowest BCUT2D eigenvalue weighted by Gasteiger charge is -2.08. The molecule has 1 aliphatic carbocycles. The monoisotopic (exact) mass is 409 g/mol. The number of hydrazone groups is 1. The van der Waals surface area contributed by atoms with Crippen LogP contribution in [0.2, 0.25) is 0 Å². The highest BCUT2D eigenvalue weighted by Crippen LogP contribution is 2.40. The van der Waals surface area contributed by atoms with Crippen molar-refractivity contribution in [2.24, 2.45) is 5.10 Å². The smallest absolute Gasteiger partial charge is 0.272 e. The van der Waals surface area contributed by atoms with Gasteiger partial charge in [0, 0.05) is 27.7 Å². The number of hydrogen-bond donors (Lipinski definition) is 1. The van der Waals surface area contributed by atoms with Crippen LogP contribution in [0.1, 0.15) is 40.6 Å². The van der Waals surface area contributed by atoms with Crippen LogP contribution in [-0.4, -0.2) is 17.1 Å². The van der Waals surface area contributed by atoms with Crippen LogP contribution in [-0.2, 0) is 0 Å². The van der Waals surface area contributed by atoms with E-state index in [4.69, 9.17) is 9.40 Å². The Morgan fingerprint density at radius 1 is 1.31 bits per heavy atom. The highest BCUT2D eigenvalue weighted by atomic mass is 79.9. The summed E-state index contributed by atoms with van der Waals surface area (Å²) in [6, 6.07) is 11.3. The van der Waals surface area contributed by atoms with Crippen molar-refractivity contribution in [3.63, 3.8) is 0 Å². The Morgan fingerprint density at radius 3 is 2.96 bits per heavy atom. The number of fused-ring (bicyclic) bond motifs is 1. The summed E-state index contributed by atoms with van der Waals surface area (Å²) in [5.41, 5.74) is 4.97. The van der Waals surface area contributed by atoms with Crippen LogP contribution in [0.3, 0.4) is 0 Å². The van der Waals surface area contributed by atoms with Crippen LogP contribution in [0.5, 0.6) is 0 Å². The van der Waals surface area contributed by atoms with E-state index in [-0.39, 0.29) is 5.91 Å². The molecule has 1 fully saturated rings. The number of carbonyl (C=O) groups is 1. The predicted molar refractivity (Wildman–Crippen MR) is 105 cm³/mol. The molecule has 1 amide bonds. The third-order valence-corrected chi connectivity index (χ3v) is 4.65. The molecule has 1 N–H and O–H groups in total. The van der Waals surface area contributed by atoms with Gasteiger partial charge in [-0.3, -0.25) is 9.78 Å². The average molecular weight is 410 g/mol. The van der Waals surface area contributed by atoms with Crippen LogP contribution in [0.4, 0.5) is 0 Å². The first-order valence-corrected chi connectivity index (χ1v) is 9.14. The lowest BCUT2D eigenvalue weighted by atomic mass is 10.1. The molecule has 1 aromatic carbocycles. The summed E-state index contributed by atoms with van der Waals surface area (Å²) in [5, 5.41) is 4.79. The molecule has 1 aliphatic rings. The van der Waals surface area contributed by atoms with Crippen molar-refractivity contribution in [2.75, 3.05) is 0 Å². The van der Waals surface area contributed by atoms with Gasteiger partial charge in [-0.25, -0.2) is 5.43 Å². The third-order valence-electron chi connectivity index (χ3n) is 4.16. The lowest BCUT2D eigenvalue weighted by molar-refractivity contribution is 0.0956. The zero-order valence-electron chi connectivity index (χ0n) is 13.9. The minimum absolute atomic E-state index is 0.250. The molecule has 130 valence electrons. The molecule has 3 aromatic rings. The van der Waals surface area contributed by atoms with E-state index in [0.29, 0.717) is 11.5 Å². The zero-order chi connectivity index (χ0) is 17.9. The number of carbonyl (C=O) groups excluding carboxylic acids is 1. The number of nitrogens with one attached hydrogen (secondary N) is 1. The van der Waals surface area contributed by atoms with Gasteiger partial charge in [0.2, 0.25) is 0 Å². The van der Waals surface area contributed by atoms with Crippen molar-refractivity contribution in [3.8, 4) is 0 Å². The number of hydrogen-bond acceptors (Lipinski definition) is 4. The molecule has 0 bridgehead atoms. The molecule has 0 spiro atoms. The number of pyridine rings is 1. The van der Waals surface area contributed by atoms with Gasteiger partial charge in [0.15, 0.2) is 0 Å². The van der Waals surface area contributed by atoms with Crippen LogP contribution in [0, 0.1) is 0 Å². The topological polar surface area (TPSA) is 67.5 Å². The Bertz CT molecular complexity index is 1010. The number of halogens is 1. The fourth-order valence-electron chi connectivity index (χ4n) is 2.72. The molecule has 2 heterocycles. The summed E-state index contributed by atoms with van der Waals surface area (Å²) in [4.78, 5) is 17.3. The standard InChI is InChI=1S/C20H16BrN3O2/c21-14-7-8-18-16(11-14)17(12-19(23-18)13-5-6-13)20(25)24-22-9-1-3-15-4-2-10-26-15/h1-4,7-13H,5-6H2,(H,24,25)/b3-1+,22-9+. The van der Waals surface area contributed by atoms with Gasteiger partial charge < -0.3 is 4.42 Å². The third kappa shape index (κ3) is 3.75. The summed E-state index contributed by atoms with van der Waals surface area (Å²) in [6.45, 7) is 0. The SMILES string of the molecule is O=C(N/N=C/C=C/c1ccco1)c1cc(C2CC2)nc2ccc(Br)cc12. The highest BCUT2D eigenvalue weighted by Gasteiger charge is 2.27. The molecule has 6 heteroatoms. The Kier molecular flexibility index (Phi) is 4.67. The van der Waals surface area contributed by atoms with Crippen LogP contribution in [0.25, 0.3) is 17.0 Å². The maximum atomic E-state index is 12.6. The Balaban J connectivity index is 1.56. The first-order valence-electron chi connectivity index (χ1n) is 8.34. The van der Waals surface area contributed by atoms with E-state index in [2.05, 4.69) is 26.5 Å². The maximum Gasteiger partial charge on any atom is 0.272 e. The van der Waals surface area contributed by atoms with Crippen molar-refractivity contribution >= 4 is 45.0 Å². The van der Waals surface area contributed by atoms with Crippen LogP contribution < -0.4 is 5.43 Å². The van der Waals surface area contributed by atoms with Crippen molar-refractivity contribution in [3.05, 3.63) is 70.2 Å². The number of amides is 1. The summed E-state index contributed by atoms with van der Waals surface area (Å²) in [6.07, 6.45) is 8.84. The number of rotatable bonds is 5. The summed E-state index contributed by atoms with van der Waals surface area (Å²) in [5.74, 6) is 0.941. The van der Waals surface area contributed by atoms with Crippen LogP contribution in [0.15, 0.2) is 62.7 Å². The normalized spacial score (nSPS) is 14.5. The highest BCUT2D eigenvalue weighted by molar-refractivity contribution is 9.10. The minimum Gasteiger partial charge on any atom is -0.465 e. The van der Waals surface area contributed by atoms with Gasteiger partial charge in [-0.15, -0.1) is 0 Å². The average Bonchev–Trinajstić information content (AvgIpc) is 3.37. The quantitative estimate of drug-likeness (QED) is 0.481. The van der Waals surface area contributed by atoms with Crippen molar-refractivity contribution in [2.45, 2.75) is 18.8 Å². The number of allylic oxidation sites excluding steroid dienone is 1. The van der Waals surface area contributed by atoms with Crippen molar-refractivity contribution in [1.29, 1.82) is 0 Å².